The van der Waals surface area contributed by atoms with E-state index in [4.69, 9.17) is 4.74 Å². The third kappa shape index (κ3) is 2.38. The monoisotopic (exact) mass is 302 g/mol. The van der Waals surface area contributed by atoms with E-state index in [-0.39, 0.29) is 0 Å². The Bertz CT molecular complexity index is 410. The van der Waals surface area contributed by atoms with Gasteiger partial charge < -0.3 is 4.74 Å². The molecule has 7 atom stereocenters. The highest BCUT2D eigenvalue weighted by Gasteiger charge is 2.55. The summed E-state index contributed by atoms with van der Waals surface area (Å²) in [7, 11) is 0. The number of rotatable bonds is 1. The second-order valence-corrected chi connectivity index (χ2v) is 9.64. The van der Waals surface area contributed by atoms with E-state index < -0.39 is 0 Å². The van der Waals surface area contributed by atoms with Crippen LogP contribution in [0.1, 0.15) is 77.6 Å². The van der Waals surface area contributed by atoms with Gasteiger partial charge in [0.2, 0.25) is 0 Å². The topological polar surface area (TPSA) is 12.5 Å². The summed E-state index contributed by atoms with van der Waals surface area (Å²) < 4.78 is 5.95. The number of hydrogen-bond donors (Lipinski definition) is 0. The Balaban J connectivity index is 1.24. The molecule has 0 spiro atoms. The Hall–Kier alpha value is -0.0400. The van der Waals surface area contributed by atoms with Gasteiger partial charge in [0.25, 0.3) is 0 Å². The van der Waals surface area contributed by atoms with Gasteiger partial charge in [-0.3, -0.25) is 0 Å². The molecular weight excluding hydrogens is 268 g/mol. The molecule has 0 amide bonds. The number of ether oxygens (including phenoxy) is 1. The first-order valence-electron chi connectivity index (χ1n) is 10.4. The fourth-order valence-corrected chi connectivity index (χ4v) is 7.30. The molecule has 0 aromatic heterocycles. The van der Waals surface area contributed by atoms with Gasteiger partial charge in [-0.25, -0.2) is 0 Å². The average Bonchev–Trinajstić information content (AvgIpc) is 3.34. The van der Waals surface area contributed by atoms with Crippen molar-refractivity contribution in [3.05, 3.63) is 0 Å². The molecule has 1 saturated heterocycles. The Kier molecular flexibility index (Phi) is 3.58. The molecule has 0 bridgehead atoms. The highest BCUT2D eigenvalue weighted by Crippen LogP contribution is 2.57. The molecule has 1 heterocycles. The van der Waals surface area contributed by atoms with Crippen LogP contribution in [0.5, 0.6) is 0 Å². The van der Waals surface area contributed by atoms with Crippen LogP contribution >= 0.6 is 0 Å². The molecular formula is C21H34O. The lowest BCUT2D eigenvalue weighted by Gasteiger charge is -2.50. The lowest BCUT2D eigenvalue weighted by Crippen LogP contribution is -2.43. The molecule has 7 unspecified atom stereocenters. The van der Waals surface area contributed by atoms with Gasteiger partial charge in [-0.15, -0.1) is 0 Å². The van der Waals surface area contributed by atoms with Crippen LogP contribution in [0.15, 0.2) is 0 Å². The van der Waals surface area contributed by atoms with Crippen molar-refractivity contribution in [2.45, 2.75) is 89.8 Å². The van der Waals surface area contributed by atoms with Gasteiger partial charge in [-0.1, -0.05) is 19.8 Å². The van der Waals surface area contributed by atoms with Gasteiger partial charge in [-0.05, 0) is 99.2 Å². The van der Waals surface area contributed by atoms with Crippen LogP contribution in [0.3, 0.4) is 0 Å². The van der Waals surface area contributed by atoms with Crippen molar-refractivity contribution in [3.63, 3.8) is 0 Å². The van der Waals surface area contributed by atoms with E-state index in [1.165, 1.54) is 38.5 Å². The predicted octanol–water partition coefficient (Wildman–Crippen LogP) is 5.43. The summed E-state index contributed by atoms with van der Waals surface area (Å²) in [5.41, 5.74) is 0. The van der Waals surface area contributed by atoms with E-state index in [0.717, 1.165) is 41.4 Å². The molecule has 5 aliphatic rings. The molecule has 1 heteroatoms. The lowest BCUT2D eigenvalue weighted by molar-refractivity contribution is -0.000574. The first kappa shape index (κ1) is 14.3. The number of fused-ring (bicyclic) bond motifs is 5. The molecule has 124 valence electrons. The molecule has 5 rings (SSSR count). The van der Waals surface area contributed by atoms with Gasteiger partial charge in [0.1, 0.15) is 0 Å². The van der Waals surface area contributed by atoms with Crippen LogP contribution in [0.4, 0.5) is 0 Å². The maximum Gasteiger partial charge on any atom is 0.0872 e. The zero-order valence-electron chi connectivity index (χ0n) is 14.4. The van der Waals surface area contributed by atoms with E-state index in [1.807, 2.05) is 0 Å². The molecule has 4 saturated carbocycles. The van der Waals surface area contributed by atoms with Crippen LogP contribution in [-0.4, -0.2) is 12.2 Å². The van der Waals surface area contributed by atoms with Crippen LogP contribution in [0, 0.1) is 41.4 Å². The molecule has 4 aliphatic carbocycles. The van der Waals surface area contributed by atoms with Crippen molar-refractivity contribution in [3.8, 4) is 0 Å². The summed E-state index contributed by atoms with van der Waals surface area (Å²) in [6, 6.07) is 0. The molecule has 1 nitrogen and oxygen atoms in total. The van der Waals surface area contributed by atoms with Crippen molar-refractivity contribution >= 4 is 0 Å². The number of hydrogen-bond acceptors (Lipinski definition) is 1. The van der Waals surface area contributed by atoms with Crippen LogP contribution in [0.25, 0.3) is 0 Å². The molecule has 1 aliphatic heterocycles. The van der Waals surface area contributed by atoms with E-state index in [0.29, 0.717) is 12.2 Å². The molecule has 5 fully saturated rings. The van der Waals surface area contributed by atoms with Crippen molar-refractivity contribution < 1.29 is 4.74 Å². The lowest BCUT2D eigenvalue weighted by atomic mass is 9.55. The van der Waals surface area contributed by atoms with Gasteiger partial charge in [0, 0.05) is 0 Å². The Morgan fingerprint density at radius 1 is 0.591 bits per heavy atom. The zero-order valence-corrected chi connectivity index (χ0v) is 14.4. The predicted molar refractivity (Wildman–Crippen MR) is 89.6 cm³/mol. The summed E-state index contributed by atoms with van der Waals surface area (Å²) in [5.74, 6) is 7.40. The number of epoxide rings is 1. The van der Waals surface area contributed by atoms with Crippen molar-refractivity contribution in [1.29, 1.82) is 0 Å². The highest BCUT2D eigenvalue weighted by atomic mass is 16.6. The maximum atomic E-state index is 5.95. The fraction of sp³-hybridized carbons (Fsp3) is 1.00. The average molecular weight is 303 g/mol. The third-order valence-electron chi connectivity index (χ3n) is 8.61. The van der Waals surface area contributed by atoms with E-state index in [9.17, 15) is 0 Å². The molecule has 0 aromatic rings. The largest absolute Gasteiger partial charge is 0.369 e. The summed E-state index contributed by atoms with van der Waals surface area (Å²) >= 11 is 0. The normalized spacial score (nSPS) is 57.4. The van der Waals surface area contributed by atoms with Crippen LogP contribution in [0.2, 0.25) is 0 Å². The molecule has 0 aromatic carbocycles. The highest BCUT2D eigenvalue weighted by molar-refractivity contribution is 5.04. The second-order valence-electron chi connectivity index (χ2n) is 9.64. The van der Waals surface area contributed by atoms with Gasteiger partial charge in [0.15, 0.2) is 0 Å². The van der Waals surface area contributed by atoms with Crippen molar-refractivity contribution in [2.75, 3.05) is 0 Å². The van der Waals surface area contributed by atoms with Gasteiger partial charge >= 0.3 is 0 Å². The smallest absolute Gasteiger partial charge is 0.0872 e. The Morgan fingerprint density at radius 3 is 2.14 bits per heavy atom. The first-order valence-corrected chi connectivity index (χ1v) is 10.4. The standard InChI is InChI=1S/C21H34O/c1-13-2-4-14(5-3-13)15-6-8-17-16(12-15)7-9-19-18(17)10-11-20-21(19)22-20/h13-21H,2-12H2,1H3. The first-order chi connectivity index (χ1) is 10.8. The van der Waals surface area contributed by atoms with Crippen LogP contribution < -0.4 is 0 Å². The fourth-order valence-electron chi connectivity index (χ4n) is 7.30. The summed E-state index contributed by atoms with van der Waals surface area (Å²) in [5, 5.41) is 0. The van der Waals surface area contributed by atoms with E-state index in [1.54, 1.807) is 32.1 Å². The van der Waals surface area contributed by atoms with Crippen molar-refractivity contribution in [2.24, 2.45) is 41.4 Å². The minimum absolute atomic E-state index is 0.693. The summed E-state index contributed by atoms with van der Waals surface area (Å²) in [6.07, 6.45) is 18.2. The SMILES string of the molecule is CC1CCC(C2CCC3C(CCC4C3CCC3OC34)C2)CC1. The molecule has 0 N–H and O–H groups in total. The zero-order chi connectivity index (χ0) is 14.7. The molecule has 0 radical (unpaired) electrons. The Morgan fingerprint density at radius 2 is 1.27 bits per heavy atom. The van der Waals surface area contributed by atoms with E-state index in [2.05, 4.69) is 6.92 Å². The summed E-state index contributed by atoms with van der Waals surface area (Å²) in [4.78, 5) is 0. The summed E-state index contributed by atoms with van der Waals surface area (Å²) in [6.45, 7) is 2.46. The third-order valence-corrected chi connectivity index (χ3v) is 8.61. The second kappa shape index (κ2) is 5.50. The van der Waals surface area contributed by atoms with Crippen molar-refractivity contribution in [1.82, 2.24) is 0 Å². The minimum atomic E-state index is 0.693. The minimum Gasteiger partial charge on any atom is -0.369 e. The van der Waals surface area contributed by atoms with Gasteiger partial charge in [0.05, 0.1) is 12.2 Å². The van der Waals surface area contributed by atoms with Crippen LogP contribution in [-0.2, 0) is 4.74 Å². The van der Waals surface area contributed by atoms with E-state index >= 15 is 0 Å². The Labute approximate surface area is 136 Å². The van der Waals surface area contributed by atoms with Gasteiger partial charge in [-0.2, -0.15) is 0 Å². The molecule has 22 heavy (non-hydrogen) atoms. The maximum absolute atomic E-state index is 5.95. The quantitative estimate of drug-likeness (QED) is 0.588.